The van der Waals surface area contributed by atoms with Gasteiger partial charge >= 0.3 is 0 Å². The Bertz CT molecular complexity index is 1050. The van der Waals surface area contributed by atoms with E-state index in [1.165, 1.54) is 12.1 Å². The highest BCUT2D eigenvalue weighted by Crippen LogP contribution is 2.22. The van der Waals surface area contributed by atoms with Crippen LogP contribution in [0.2, 0.25) is 5.02 Å². The Balaban J connectivity index is 1.79. The summed E-state index contributed by atoms with van der Waals surface area (Å²) in [7, 11) is 0. The molecule has 0 unspecified atom stereocenters. The minimum absolute atomic E-state index is 0.226. The number of carbonyl (C=O) groups excluding carboxylic acids is 3. The molecular weight excluding hydrogens is 483 g/mol. The molecule has 3 atom stereocenters. The lowest BCUT2D eigenvalue weighted by atomic mass is 9.97. The molecule has 194 valence electrons. The maximum atomic E-state index is 13.7. The summed E-state index contributed by atoms with van der Waals surface area (Å²) in [6.07, 6.45) is 1.73. The molecule has 0 spiro atoms. The van der Waals surface area contributed by atoms with E-state index in [9.17, 15) is 18.8 Å². The van der Waals surface area contributed by atoms with Gasteiger partial charge in [0.05, 0.1) is 6.04 Å². The number of amides is 3. The number of nitrogens with one attached hydrogen (secondary N) is 1. The molecule has 2 aromatic rings. The molecule has 1 aliphatic heterocycles. The Labute approximate surface area is 216 Å². The number of piperazine rings is 1. The Morgan fingerprint density at radius 1 is 1.06 bits per heavy atom. The minimum Gasteiger partial charge on any atom is -0.355 e. The van der Waals surface area contributed by atoms with Crippen LogP contribution in [0.5, 0.6) is 0 Å². The zero-order valence-corrected chi connectivity index (χ0v) is 21.5. The molecule has 0 aliphatic carbocycles. The summed E-state index contributed by atoms with van der Waals surface area (Å²) < 4.78 is 13.2. The van der Waals surface area contributed by atoms with Crippen molar-refractivity contribution < 1.29 is 18.8 Å². The zero-order valence-electron chi connectivity index (χ0n) is 20.8. The van der Waals surface area contributed by atoms with Gasteiger partial charge in [-0.3, -0.25) is 14.4 Å². The van der Waals surface area contributed by atoms with Crippen molar-refractivity contribution in [1.82, 2.24) is 15.1 Å². The number of rotatable bonds is 10. The molecule has 0 aromatic heterocycles. The van der Waals surface area contributed by atoms with Gasteiger partial charge in [0.25, 0.3) is 0 Å². The Morgan fingerprint density at radius 2 is 1.67 bits per heavy atom. The van der Waals surface area contributed by atoms with Gasteiger partial charge in [0, 0.05) is 31.1 Å². The standard InChI is InChI=1S/C27H34ClFN4O3/c1-3-5-23-27(36)33(24(25(34)31-4-2)17-19-6-10-20(28)11-7-19)15-14-32(23)26(35)22(30)16-18-8-12-21(29)13-9-18/h6-13,22-24H,3-5,14-17,30H2,1-2H3,(H,31,34)/t22-,23+,24+/m1/s1. The molecule has 0 bridgehead atoms. The van der Waals surface area contributed by atoms with Crippen molar-refractivity contribution in [3.63, 3.8) is 0 Å². The van der Waals surface area contributed by atoms with E-state index >= 15 is 0 Å². The van der Waals surface area contributed by atoms with E-state index in [1.54, 1.807) is 34.1 Å². The second-order valence-corrected chi connectivity index (χ2v) is 9.48. The molecule has 1 heterocycles. The van der Waals surface area contributed by atoms with Crippen LogP contribution in [0.1, 0.15) is 37.8 Å². The fourth-order valence-electron chi connectivity index (χ4n) is 4.59. The van der Waals surface area contributed by atoms with E-state index in [2.05, 4.69) is 5.32 Å². The third kappa shape index (κ3) is 6.83. The van der Waals surface area contributed by atoms with Crippen LogP contribution in [-0.2, 0) is 27.2 Å². The Kier molecular flexibility index (Phi) is 9.84. The van der Waals surface area contributed by atoms with Crippen LogP contribution in [0.4, 0.5) is 4.39 Å². The molecule has 1 saturated heterocycles. The first kappa shape index (κ1) is 27.6. The summed E-state index contributed by atoms with van der Waals surface area (Å²) in [6.45, 7) is 4.73. The van der Waals surface area contributed by atoms with E-state index < -0.39 is 18.1 Å². The summed E-state index contributed by atoms with van der Waals surface area (Å²) in [5.41, 5.74) is 7.86. The number of nitrogens with zero attached hydrogens (tertiary/aromatic N) is 2. The maximum Gasteiger partial charge on any atom is 0.246 e. The second-order valence-electron chi connectivity index (χ2n) is 9.05. The fourth-order valence-corrected chi connectivity index (χ4v) is 4.71. The quantitative estimate of drug-likeness (QED) is 0.507. The minimum atomic E-state index is -0.859. The van der Waals surface area contributed by atoms with Crippen LogP contribution in [0.15, 0.2) is 48.5 Å². The van der Waals surface area contributed by atoms with Crippen molar-refractivity contribution in [3.8, 4) is 0 Å². The molecule has 9 heteroatoms. The second kappa shape index (κ2) is 12.8. The van der Waals surface area contributed by atoms with Gasteiger partial charge in [-0.2, -0.15) is 0 Å². The molecule has 1 fully saturated rings. The fraction of sp³-hybridized carbons (Fsp3) is 0.444. The SMILES string of the molecule is CCC[C@H]1C(=O)N([C@@H](Cc2ccc(Cl)cc2)C(=O)NCC)CCN1C(=O)[C@H](N)Cc1ccc(F)cc1. The summed E-state index contributed by atoms with van der Waals surface area (Å²) in [5.74, 6) is -1.17. The average Bonchev–Trinajstić information content (AvgIpc) is 2.86. The van der Waals surface area contributed by atoms with Gasteiger partial charge in [-0.25, -0.2) is 4.39 Å². The number of hydrogen-bond acceptors (Lipinski definition) is 4. The zero-order chi connectivity index (χ0) is 26.2. The molecule has 0 radical (unpaired) electrons. The van der Waals surface area contributed by atoms with Gasteiger partial charge in [-0.15, -0.1) is 0 Å². The highest BCUT2D eigenvalue weighted by atomic mass is 35.5. The predicted molar refractivity (Wildman–Crippen MR) is 138 cm³/mol. The normalized spacial score (nSPS) is 17.6. The first-order valence-corrected chi connectivity index (χ1v) is 12.8. The van der Waals surface area contributed by atoms with Crippen molar-refractivity contribution in [2.75, 3.05) is 19.6 Å². The van der Waals surface area contributed by atoms with Crippen molar-refractivity contribution in [1.29, 1.82) is 0 Å². The monoisotopic (exact) mass is 516 g/mol. The molecule has 7 nitrogen and oxygen atoms in total. The van der Waals surface area contributed by atoms with Crippen molar-refractivity contribution >= 4 is 29.3 Å². The van der Waals surface area contributed by atoms with E-state index in [0.717, 1.165) is 11.1 Å². The average molecular weight is 517 g/mol. The number of benzene rings is 2. The molecular formula is C27H34ClFN4O3. The van der Waals surface area contributed by atoms with Gasteiger partial charge in [0.2, 0.25) is 17.7 Å². The van der Waals surface area contributed by atoms with Gasteiger partial charge in [-0.1, -0.05) is 49.2 Å². The van der Waals surface area contributed by atoms with Gasteiger partial charge < -0.3 is 20.9 Å². The molecule has 3 N–H and O–H groups in total. The number of likely N-dealkylation sites (N-methyl/N-ethyl adjacent to an activating group) is 1. The third-order valence-corrected chi connectivity index (χ3v) is 6.68. The smallest absolute Gasteiger partial charge is 0.246 e. The molecule has 3 rings (SSSR count). The lowest BCUT2D eigenvalue weighted by molar-refractivity contribution is -0.156. The van der Waals surface area contributed by atoms with E-state index in [-0.39, 0.29) is 43.0 Å². The van der Waals surface area contributed by atoms with Crippen LogP contribution < -0.4 is 11.1 Å². The lowest BCUT2D eigenvalue weighted by Gasteiger charge is -2.44. The Hall–Kier alpha value is -2.97. The van der Waals surface area contributed by atoms with Crippen molar-refractivity contribution in [3.05, 3.63) is 70.5 Å². The highest BCUT2D eigenvalue weighted by molar-refractivity contribution is 6.30. The number of nitrogens with two attached hydrogens (primary N) is 1. The van der Waals surface area contributed by atoms with Crippen LogP contribution >= 0.6 is 11.6 Å². The highest BCUT2D eigenvalue weighted by Gasteiger charge is 2.42. The van der Waals surface area contributed by atoms with Crippen LogP contribution in [0.3, 0.4) is 0 Å². The van der Waals surface area contributed by atoms with Crippen molar-refractivity contribution in [2.45, 2.75) is 57.7 Å². The van der Waals surface area contributed by atoms with Crippen molar-refractivity contribution in [2.24, 2.45) is 5.73 Å². The maximum absolute atomic E-state index is 13.7. The predicted octanol–water partition coefficient (Wildman–Crippen LogP) is 2.94. The number of hydrogen-bond donors (Lipinski definition) is 2. The van der Waals surface area contributed by atoms with Gasteiger partial charge in [-0.05, 0) is 55.2 Å². The number of carbonyl (C=O) groups is 3. The summed E-state index contributed by atoms with van der Waals surface area (Å²) in [4.78, 5) is 43.1. The van der Waals surface area contributed by atoms with E-state index in [1.807, 2.05) is 26.0 Å². The molecule has 2 aromatic carbocycles. The Morgan fingerprint density at radius 3 is 2.28 bits per heavy atom. The summed E-state index contributed by atoms with van der Waals surface area (Å²) in [6, 6.07) is 10.8. The first-order chi connectivity index (χ1) is 17.2. The van der Waals surface area contributed by atoms with Crippen LogP contribution in [0, 0.1) is 5.82 Å². The van der Waals surface area contributed by atoms with Crippen LogP contribution in [0.25, 0.3) is 0 Å². The molecule has 3 amide bonds. The lowest BCUT2D eigenvalue weighted by Crippen LogP contribution is -2.65. The molecule has 36 heavy (non-hydrogen) atoms. The van der Waals surface area contributed by atoms with Gasteiger partial charge in [0.15, 0.2) is 0 Å². The van der Waals surface area contributed by atoms with Crippen LogP contribution in [-0.4, -0.2) is 65.3 Å². The molecule has 0 saturated carbocycles. The first-order valence-electron chi connectivity index (χ1n) is 12.4. The molecule has 1 aliphatic rings. The van der Waals surface area contributed by atoms with E-state index in [4.69, 9.17) is 17.3 Å². The largest absolute Gasteiger partial charge is 0.355 e. The topological polar surface area (TPSA) is 95.7 Å². The third-order valence-electron chi connectivity index (χ3n) is 6.43. The summed E-state index contributed by atoms with van der Waals surface area (Å²) in [5, 5.41) is 3.43. The van der Waals surface area contributed by atoms with E-state index in [0.29, 0.717) is 30.8 Å². The number of halogens is 2. The van der Waals surface area contributed by atoms with Gasteiger partial charge in [0.1, 0.15) is 17.9 Å². The summed E-state index contributed by atoms with van der Waals surface area (Å²) >= 11 is 6.01.